The van der Waals surface area contributed by atoms with E-state index in [0.717, 1.165) is 30.1 Å². The van der Waals surface area contributed by atoms with Gasteiger partial charge in [0.15, 0.2) is 5.82 Å². The van der Waals surface area contributed by atoms with Crippen molar-refractivity contribution in [2.75, 3.05) is 26.4 Å². The van der Waals surface area contributed by atoms with Gasteiger partial charge in [0.1, 0.15) is 5.60 Å². The maximum absolute atomic E-state index is 6.06. The van der Waals surface area contributed by atoms with E-state index < -0.39 is 5.60 Å². The minimum absolute atomic E-state index is 0.275. The van der Waals surface area contributed by atoms with E-state index in [4.69, 9.17) is 25.2 Å². The van der Waals surface area contributed by atoms with E-state index in [0.29, 0.717) is 26.4 Å². The highest BCUT2D eigenvalue weighted by molar-refractivity contribution is 5.29. The van der Waals surface area contributed by atoms with Crippen molar-refractivity contribution in [3.63, 3.8) is 0 Å². The Labute approximate surface area is 127 Å². The smallest absolute Gasteiger partial charge is 0.160 e. The molecule has 5 nitrogen and oxygen atoms in total. The van der Waals surface area contributed by atoms with Crippen LogP contribution in [0.25, 0.3) is 0 Å². The van der Waals surface area contributed by atoms with Crippen molar-refractivity contribution in [2.45, 2.75) is 52.1 Å². The van der Waals surface area contributed by atoms with Gasteiger partial charge in [-0.25, -0.2) is 9.97 Å². The number of nitrogens with zero attached hydrogens (tertiary/aromatic N) is 2. The standard InChI is InChI=1S/C16H27N3O2/c1-5-21-16(6-8-20-9-7-16)15-18-12(3)14(11(2)10-17)13(4)19-15/h11H,5-10,17H2,1-4H3. The summed E-state index contributed by atoms with van der Waals surface area (Å²) in [6.45, 7) is 10.9. The van der Waals surface area contributed by atoms with Gasteiger partial charge in [0.05, 0.1) is 0 Å². The third kappa shape index (κ3) is 3.25. The SMILES string of the molecule is CCOC1(c2nc(C)c(C(C)CN)c(C)n2)CCOCC1. The van der Waals surface area contributed by atoms with Crippen LogP contribution in [0.1, 0.15) is 55.4 Å². The molecule has 0 aliphatic carbocycles. The Morgan fingerprint density at radius 1 is 1.24 bits per heavy atom. The number of nitrogens with two attached hydrogens (primary N) is 1. The van der Waals surface area contributed by atoms with Crippen molar-refractivity contribution in [1.29, 1.82) is 0 Å². The molecule has 0 aromatic carbocycles. The number of aryl methyl sites for hydroxylation is 2. The zero-order chi connectivity index (χ0) is 15.5. The molecule has 1 aliphatic rings. The zero-order valence-corrected chi connectivity index (χ0v) is 13.6. The Morgan fingerprint density at radius 2 is 1.81 bits per heavy atom. The molecule has 21 heavy (non-hydrogen) atoms. The highest BCUT2D eigenvalue weighted by Gasteiger charge is 2.38. The van der Waals surface area contributed by atoms with Gasteiger partial charge in [0.25, 0.3) is 0 Å². The quantitative estimate of drug-likeness (QED) is 0.901. The van der Waals surface area contributed by atoms with E-state index in [-0.39, 0.29) is 5.92 Å². The average Bonchev–Trinajstić information content (AvgIpc) is 2.47. The fourth-order valence-electron chi connectivity index (χ4n) is 3.17. The first-order chi connectivity index (χ1) is 10.0. The molecule has 1 aromatic rings. The molecule has 1 aromatic heterocycles. The van der Waals surface area contributed by atoms with Crippen molar-refractivity contribution >= 4 is 0 Å². The van der Waals surface area contributed by atoms with Gasteiger partial charge in [0, 0.05) is 44.1 Å². The van der Waals surface area contributed by atoms with E-state index in [1.807, 2.05) is 20.8 Å². The Morgan fingerprint density at radius 3 is 2.29 bits per heavy atom. The summed E-state index contributed by atoms with van der Waals surface area (Å²) in [5.74, 6) is 1.08. The zero-order valence-electron chi connectivity index (χ0n) is 13.6. The van der Waals surface area contributed by atoms with Crippen molar-refractivity contribution in [3.8, 4) is 0 Å². The number of hydrogen-bond acceptors (Lipinski definition) is 5. The molecular weight excluding hydrogens is 266 g/mol. The number of hydrogen-bond donors (Lipinski definition) is 1. The Balaban J connectivity index is 2.43. The van der Waals surface area contributed by atoms with Crippen LogP contribution in [0.2, 0.25) is 0 Å². The third-order valence-electron chi connectivity index (χ3n) is 4.30. The summed E-state index contributed by atoms with van der Waals surface area (Å²) < 4.78 is 11.5. The van der Waals surface area contributed by atoms with Crippen LogP contribution >= 0.6 is 0 Å². The number of aromatic nitrogens is 2. The molecule has 118 valence electrons. The fraction of sp³-hybridized carbons (Fsp3) is 0.750. The predicted molar refractivity (Wildman–Crippen MR) is 82.3 cm³/mol. The lowest BCUT2D eigenvalue weighted by atomic mass is 9.91. The van der Waals surface area contributed by atoms with Gasteiger partial charge in [-0.05, 0) is 38.8 Å². The van der Waals surface area contributed by atoms with Crippen LogP contribution in [0, 0.1) is 13.8 Å². The predicted octanol–water partition coefficient (Wildman–Crippen LogP) is 2.20. The van der Waals surface area contributed by atoms with Gasteiger partial charge in [-0.1, -0.05) is 6.92 Å². The van der Waals surface area contributed by atoms with Gasteiger partial charge >= 0.3 is 0 Å². The lowest BCUT2D eigenvalue weighted by molar-refractivity contribution is -0.118. The summed E-state index contributed by atoms with van der Waals surface area (Å²) in [7, 11) is 0. The van der Waals surface area contributed by atoms with Crippen LogP contribution in [-0.2, 0) is 15.1 Å². The lowest BCUT2D eigenvalue weighted by Crippen LogP contribution is -2.39. The monoisotopic (exact) mass is 293 g/mol. The topological polar surface area (TPSA) is 70.3 Å². The molecule has 0 spiro atoms. The summed E-state index contributed by atoms with van der Waals surface area (Å²) in [6.07, 6.45) is 1.62. The first-order valence-electron chi connectivity index (χ1n) is 7.81. The molecule has 0 saturated carbocycles. The molecule has 2 N–H and O–H groups in total. The third-order valence-corrected chi connectivity index (χ3v) is 4.30. The second kappa shape index (κ2) is 6.81. The summed E-state index contributed by atoms with van der Waals surface area (Å²) in [6, 6.07) is 0. The molecule has 1 unspecified atom stereocenters. The average molecular weight is 293 g/mol. The largest absolute Gasteiger partial charge is 0.381 e. The van der Waals surface area contributed by atoms with Crippen molar-refractivity contribution in [1.82, 2.24) is 9.97 Å². The van der Waals surface area contributed by atoms with E-state index >= 15 is 0 Å². The van der Waals surface area contributed by atoms with Gasteiger partial charge in [-0.15, -0.1) is 0 Å². The van der Waals surface area contributed by atoms with Crippen LogP contribution in [0.3, 0.4) is 0 Å². The van der Waals surface area contributed by atoms with Crippen LogP contribution in [0.5, 0.6) is 0 Å². The molecule has 5 heteroatoms. The molecule has 0 bridgehead atoms. The van der Waals surface area contributed by atoms with Crippen LogP contribution in [0.4, 0.5) is 0 Å². The van der Waals surface area contributed by atoms with Crippen molar-refractivity contribution in [2.24, 2.45) is 5.73 Å². The molecule has 2 rings (SSSR count). The van der Waals surface area contributed by atoms with Crippen molar-refractivity contribution in [3.05, 3.63) is 22.8 Å². The first kappa shape index (κ1) is 16.3. The molecule has 0 radical (unpaired) electrons. The molecule has 1 saturated heterocycles. The minimum Gasteiger partial charge on any atom is -0.381 e. The molecule has 1 atom stereocenters. The van der Waals surface area contributed by atoms with Crippen LogP contribution < -0.4 is 5.73 Å². The van der Waals surface area contributed by atoms with E-state index in [9.17, 15) is 0 Å². The second-order valence-corrected chi connectivity index (χ2v) is 5.81. The summed E-state index contributed by atoms with van der Waals surface area (Å²) >= 11 is 0. The fourth-order valence-corrected chi connectivity index (χ4v) is 3.17. The maximum atomic E-state index is 6.06. The van der Waals surface area contributed by atoms with E-state index in [2.05, 4.69) is 6.92 Å². The minimum atomic E-state index is -0.396. The molecule has 1 fully saturated rings. The highest BCUT2D eigenvalue weighted by atomic mass is 16.5. The molecule has 1 aliphatic heterocycles. The van der Waals surface area contributed by atoms with Crippen molar-refractivity contribution < 1.29 is 9.47 Å². The summed E-state index contributed by atoms with van der Waals surface area (Å²) in [4.78, 5) is 9.54. The summed E-state index contributed by atoms with van der Waals surface area (Å²) in [5, 5.41) is 0. The normalized spacial score (nSPS) is 19.5. The first-order valence-corrected chi connectivity index (χ1v) is 7.81. The van der Waals surface area contributed by atoms with Crippen LogP contribution in [0.15, 0.2) is 0 Å². The number of rotatable bonds is 5. The maximum Gasteiger partial charge on any atom is 0.160 e. The Kier molecular flexibility index (Phi) is 5.30. The summed E-state index contributed by atoms with van der Waals surface area (Å²) in [5.41, 5.74) is 8.60. The molecule has 2 heterocycles. The lowest BCUT2D eigenvalue weighted by Gasteiger charge is -2.36. The Hall–Kier alpha value is -1.04. The van der Waals surface area contributed by atoms with E-state index in [1.165, 1.54) is 5.56 Å². The second-order valence-electron chi connectivity index (χ2n) is 5.81. The Bertz CT molecular complexity index is 456. The van der Waals surface area contributed by atoms with E-state index in [1.54, 1.807) is 0 Å². The molecule has 0 amide bonds. The number of ether oxygens (including phenoxy) is 2. The van der Waals surface area contributed by atoms with Crippen LogP contribution in [-0.4, -0.2) is 36.3 Å². The highest BCUT2D eigenvalue weighted by Crippen LogP contribution is 2.35. The molecular formula is C16H27N3O2. The van der Waals surface area contributed by atoms with Gasteiger partial charge in [-0.2, -0.15) is 0 Å². The van der Waals surface area contributed by atoms with Gasteiger partial charge in [-0.3, -0.25) is 0 Å². The van der Waals surface area contributed by atoms with Gasteiger partial charge < -0.3 is 15.2 Å². The van der Waals surface area contributed by atoms with Gasteiger partial charge in [0.2, 0.25) is 0 Å².